The summed E-state index contributed by atoms with van der Waals surface area (Å²) in [7, 11) is -3.74. The van der Waals surface area contributed by atoms with Gasteiger partial charge in [0, 0.05) is 18.7 Å². The Kier molecular flexibility index (Phi) is 7.07. The Hall–Kier alpha value is -3.21. The molecule has 8 nitrogen and oxygen atoms in total. The molecule has 0 unspecified atom stereocenters. The molecular weight excluding hydrogens is 462 g/mol. The van der Waals surface area contributed by atoms with Gasteiger partial charge in [-0.2, -0.15) is 4.31 Å². The van der Waals surface area contributed by atoms with Gasteiger partial charge in [0.1, 0.15) is 15.5 Å². The SMILES string of the molecule is O=C(COc1ccccc1-c1ccccc1)NNC(=O)c1sccc1S(=O)(=O)N1CCCC1. The van der Waals surface area contributed by atoms with Crippen LogP contribution in [0.4, 0.5) is 0 Å². The van der Waals surface area contributed by atoms with Crippen LogP contribution >= 0.6 is 11.3 Å². The van der Waals surface area contributed by atoms with Crippen LogP contribution in [0.25, 0.3) is 11.1 Å². The average Bonchev–Trinajstić information content (AvgIpc) is 3.55. The number of ether oxygens (including phenoxy) is 1. The Morgan fingerprint density at radius 3 is 2.39 bits per heavy atom. The minimum atomic E-state index is -3.74. The highest BCUT2D eigenvalue weighted by Crippen LogP contribution is 2.29. The summed E-state index contributed by atoms with van der Waals surface area (Å²) >= 11 is 1.00. The monoisotopic (exact) mass is 485 g/mol. The quantitative estimate of drug-likeness (QED) is 0.501. The Labute approximate surface area is 196 Å². The Balaban J connectivity index is 1.36. The summed E-state index contributed by atoms with van der Waals surface area (Å²) in [6, 6.07) is 18.4. The lowest BCUT2D eigenvalue weighted by molar-refractivity contribution is -0.123. The molecule has 0 bridgehead atoms. The number of sulfonamides is 1. The number of nitrogens with one attached hydrogen (secondary N) is 2. The lowest BCUT2D eigenvalue weighted by Crippen LogP contribution is -2.44. The summed E-state index contributed by atoms with van der Waals surface area (Å²) in [6.07, 6.45) is 1.60. The summed E-state index contributed by atoms with van der Waals surface area (Å²) in [5, 5.41) is 1.54. The van der Waals surface area contributed by atoms with Crippen molar-refractivity contribution in [2.24, 2.45) is 0 Å². The molecule has 2 heterocycles. The van der Waals surface area contributed by atoms with Crippen LogP contribution in [0.3, 0.4) is 0 Å². The maximum Gasteiger partial charge on any atom is 0.281 e. The van der Waals surface area contributed by atoms with Crippen molar-refractivity contribution in [1.82, 2.24) is 15.2 Å². The largest absolute Gasteiger partial charge is 0.483 e. The van der Waals surface area contributed by atoms with Crippen LogP contribution in [-0.2, 0) is 14.8 Å². The maximum atomic E-state index is 12.8. The zero-order chi connectivity index (χ0) is 23.3. The first-order valence-electron chi connectivity index (χ1n) is 10.4. The molecule has 33 heavy (non-hydrogen) atoms. The number of rotatable bonds is 7. The Bertz CT molecular complexity index is 1240. The van der Waals surface area contributed by atoms with Crippen molar-refractivity contribution in [3.8, 4) is 16.9 Å². The smallest absolute Gasteiger partial charge is 0.281 e. The second-order valence-corrected chi connectivity index (χ2v) is 10.2. The minimum Gasteiger partial charge on any atom is -0.483 e. The van der Waals surface area contributed by atoms with Crippen LogP contribution in [0.15, 0.2) is 70.9 Å². The molecule has 10 heteroatoms. The van der Waals surface area contributed by atoms with E-state index in [1.54, 1.807) is 17.5 Å². The fourth-order valence-corrected chi connectivity index (χ4v) is 6.36. The van der Waals surface area contributed by atoms with Crippen molar-refractivity contribution in [1.29, 1.82) is 0 Å². The van der Waals surface area contributed by atoms with Gasteiger partial charge in [0.2, 0.25) is 10.0 Å². The van der Waals surface area contributed by atoms with Crippen LogP contribution in [0.2, 0.25) is 0 Å². The number of hydrogen-bond donors (Lipinski definition) is 2. The summed E-state index contributed by atoms with van der Waals surface area (Å²) in [5.41, 5.74) is 6.35. The van der Waals surface area contributed by atoms with Gasteiger partial charge in [-0.05, 0) is 35.9 Å². The van der Waals surface area contributed by atoms with Crippen LogP contribution < -0.4 is 15.6 Å². The van der Waals surface area contributed by atoms with Crippen molar-refractivity contribution in [2.45, 2.75) is 17.7 Å². The zero-order valence-corrected chi connectivity index (χ0v) is 19.3. The van der Waals surface area contributed by atoms with Gasteiger partial charge in [-0.25, -0.2) is 8.42 Å². The second-order valence-electron chi connectivity index (χ2n) is 7.38. The molecule has 1 saturated heterocycles. The molecule has 0 atom stereocenters. The number of carbonyl (C=O) groups is 2. The van der Waals surface area contributed by atoms with Gasteiger partial charge in [0.25, 0.3) is 11.8 Å². The number of benzene rings is 2. The van der Waals surface area contributed by atoms with Crippen molar-refractivity contribution in [2.75, 3.05) is 19.7 Å². The van der Waals surface area contributed by atoms with Crippen molar-refractivity contribution in [3.63, 3.8) is 0 Å². The molecule has 1 aliphatic heterocycles. The first kappa shape index (κ1) is 23.0. The van der Waals surface area contributed by atoms with Gasteiger partial charge in [-0.15, -0.1) is 11.3 Å². The first-order valence-corrected chi connectivity index (χ1v) is 12.7. The normalized spacial score (nSPS) is 14.1. The van der Waals surface area contributed by atoms with E-state index in [1.165, 1.54) is 10.4 Å². The maximum absolute atomic E-state index is 12.8. The molecule has 0 aliphatic carbocycles. The van der Waals surface area contributed by atoms with Gasteiger partial charge in [0.05, 0.1) is 0 Å². The fraction of sp³-hybridized carbons (Fsp3) is 0.217. The number of para-hydroxylation sites is 1. The Morgan fingerprint density at radius 1 is 0.939 bits per heavy atom. The molecular formula is C23H23N3O5S2. The number of hydrogen-bond acceptors (Lipinski definition) is 6. The van der Waals surface area contributed by atoms with Crippen LogP contribution in [0, 0.1) is 0 Å². The predicted molar refractivity (Wildman–Crippen MR) is 125 cm³/mol. The number of hydrazine groups is 1. The molecule has 0 saturated carbocycles. The van der Waals surface area contributed by atoms with Crippen LogP contribution in [0.5, 0.6) is 5.75 Å². The van der Waals surface area contributed by atoms with E-state index in [1.807, 2.05) is 42.5 Å². The van der Waals surface area contributed by atoms with Gasteiger partial charge < -0.3 is 4.74 Å². The van der Waals surface area contributed by atoms with Crippen molar-refractivity contribution >= 4 is 33.2 Å². The summed E-state index contributed by atoms with van der Waals surface area (Å²) < 4.78 is 32.7. The summed E-state index contributed by atoms with van der Waals surface area (Å²) in [6.45, 7) is 0.559. The average molecular weight is 486 g/mol. The molecule has 3 aromatic rings. The molecule has 2 amide bonds. The molecule has 2 aromatic carbocycles. The number of thiophene rings is 1. The van der Waals surface area contributed by atoms with Crippen molar-refractivity contribution in [3.05, 3.63) is 70.9 Å². The van der Waals surface area contributed by atoms with E-state index in [4.69, 9.17) is 4.74 Å². The third-order valence-corrected chi connectivity index (χ3v) is 8.15. The van der Waals surface area contributed by atoms with E-state index in [2.05, 4.69) is 10.9 Å². The first-order chi connectivity index (χ1) is 16.0. The highest BCUT2D eigenvalue weighted by atomic mass is 32.2. The van der Waals surface area contributed by atoms with Gasteiger partial charge in [-0.1, -0.05) is 48.5 Å². The molecule has 0 spiro atoms. The number of nitrogens with zero attached hydrogens (tertiary/aromatic N) is 1. The Morgan fingerprint density at radius 2 is 1.64 bits per heavy atom. The van der Waals surface area contributed by atoms with Crippen LogP contribution in [-0.4, -0.2) is 44.2 Å². The predicted octanol–water partition coefficient (Wildman–Crippen LogP) is 3.04. The fourth-order valence-electron chi connectivity index (χ4n) is 3.55. The third kappa shape index (κ3) is 5.24. The lowest BCUT2D eigenvalue weighted by Gasteiger charge is -2.16. The van der Waals surface area contributed by atoms with Crippen molar-refractivity contribution < 1.29 is 22.7 Å². The molecule has 1 fully saturated rings. The van der Waals surface area contributed by atoms with E-state index in [9.17, 15) is 18.0 Å². The van der Waals surface area contributed by atoms with Gasteiger partial charge >= 0.3 is 0 Å². The van der Waals surface area contributed by atoms with E-state index in [0.29, 0.717) is 18.8 Å². The van der Waals surface area contributed by atoms with E-state index in [-0.39, 0.29) is 16.4 Å². The molecule has 2 N–H and O–H groups in total. The zero-order valence-electron chi connectivity index (χ0n) is 17.7. The molecule has 1 aliphatic rings. The number of carbonyl (C=O) groups excluding carboxylic acids is 2. The standard InChI is InChI=1S/C23H23N3O5S2/c27-21(16-31-19-11-5-4-10-18(19)17-8-2-1-3-9-17)24-25-23(28)22-20(12-15-32-22)33(29,30)26-13-6-7-14-26/h1-5,8-12,15H,6-7,13-14,16H2,(H,24,27)(H,25,28). The molecule has 0 radical (unpaired) electrons. The number of amides is 2. The van der Waals surface area contributed by atoms with Crippen LogP contribution in [0.1, 0.15) is 22.5 Å². The lowest BCUT2D eigenvalue weighted by atomic mass is 10.1. The topological polar surface area (TPSA) is 105 Å². The van der Waals surface area contributed by atoms with Gasteiger partial charge in [-0.3, -0.25) is 20.4 Å². The molecule has 172 valence electrons. The molecule has 1 aromatic heterocycles. The molecule has 4 rings (SSSR count). The summed E-state index contributed by atoms with van der Waals surface area (Å²) in [4.78, 5) is 24.8. The third-order valence-electron chi connectivity index (χ3n) is 5.16. The minimum absolute atomic E-state index is 0.0255. The highest BCUT2D eigenvalue weighted by molar-refractivity contribution is 7.89. The van der Waals surface area contributed by atoms with E-state index < -0.39 is 21.8 Å². The van der Waals surface area contributed by atoms with E-state index in [0.717, 1.165) is 35.3 Å². The highest BCUT2D eigenvalue weighted by Gasteiger charge is 2.31. The summed E-state index contributed by atoms with van der Waals surface area (Å²) in [5.74, 6) is -0.741. The van der Waals surface area contributed by atoms with Gasteiger partial charge in [0.15, 0.2) is 6.61 Å². The second kappa shape index (κ2) is 10.2. The van der Waals surface area contributed by atoms with E-state index >= 15 is 0 Å².